The first-order chi connectivity index (χ1) is 9.43. The standard InChI is InChI=1S/C15H25N3O2/c1-12(11-20-5)16-15(19)18(4)10-13-6-8-14(9-7-13)17(2)3/h6-9,12H,10-11H2,1-5H3,(H,16,19). The van der Waals surface area contributed by atoms with Gasteiger partial charge in [0, 0.05) is 40.5 Å². The number of rotatable bonds is 6. The van der Waals surface area contributed by atoms with Crippen molar-refractivity contribution in [3.05, 3.63) is 29.8 Å². The first-order valence-electron chi connectivity index (χ1n) is 6.71. The molecule has 0 heterocycles. The predicted octanol–water partition coefficient (Wildman–Crippen LogP) is 1.93. The zero-order valence-corrected chi connectivity index (χ0v) is 13.0. The van der Waals surface area contributed by atoms with Crippen LogP contribution in [0.25, 0.3) is 0 Å². The van der Waals surface area contributed by atoms with Crippen molar-refractivity contribution in [2.75, 3.05) is 39.8 Å². The number of nitrogens with zero attached hydrogens (tertiary/aromatic N) is 2. The number of amides is 2. The van der Waals surface area contributed by atoms with Crippen molar-refractivity contribution >= 4 is 11.7 Å². The van der Waals surface area contributed by atoms with Gasteiger partial charge in [-0.05, 0) is 24.6 Å². The first-order valence-corrected chi connectivity index (χ1v) is 6.71. The highest BCUT2D eigenvalue weighted by Crippen LogP contribution is 2.13. The zero-order valence-electron chi connectivity index (χ0n) is 13.0. The van der Waals surface area contributed by atoms with E-state index in [1.54, 1.807) is 19.1 Å². The lowest BCUT2D eigenvalue weighted by molar-refractivity contribution is 0.162. The third kappa shape index (κ3) is 5.09. The van der Waals surface area contributed by atoms with Gasteiger partial charge >= 0.3 is 6.03 Å². The number of carbonyl (C=O) groups excluding carboxylic acids is 1. The van der Waals surface area contributed by atoms with Crippen LogP contribution in [0.3, 0.4) is 0 Å². The van der Waals surface area contributed by atoms with Crippen LogP contribution < -0.4 is 10.2 Å². The molecule has 0 spiro atoms. The largest absolute Gasteiger partial charge is 0.383 e. The molecule has 20 heavy (non-hydrogen) atoms. The molecule has 0 saturated heterocycles. The van der Waals surface area contributed by atoms with E-state index in [9.17, 15) is 4.79 Å². The number of hydrogen-bond donors (Lipinski definition) is 1. The Bertz CT molecular complexity index is 418. The fourth-order valence-electron chi connectivity index (χ4n) is 1.86. The highest BCUT2D eigenvalue weighted by molar-refractivity contribution is 5.74. The van der Waals surface area contributed by atoms with Gasteiger partial charge in [0.2, 0.25) is 0 Å². The second-order valence-corrected chi connectivity index (χ2v) is 5.22. The molecule has 0 aliphatic carbocycles. The summed E-state index contributed by atoms with van der Waals surface area (Å²) in [5.74, 6) is 0. The summed E-state index contributed by atoms with van der Waals surface area (Å²) in [6, 6.07) is 8.09. The van der Waals surface area contributed by atoms with E-state index in [4.69, 9.17) is 4.74 Å². The summed E-state index contributed by atoms with van der Waals surface area (Å²) in [4.78, 5) is 15.7. The predicted molar refractivity (Wildman–Crippen MR) is 82.1 cm³/mol. The van der Waals surface area contributed by atoms with Crippen LogP contribution in [0.4, 0.5) is 10.5 Å². The molecule has 1 N–H and O–H groups in total. The maximum Gasteiger partial charge on any atom is 0.317 e. The van der Waals surface area contributed by atoms with Crippen LogP contribution >= 0.6 is 0 Å². The number of hydrogen-bond acceptors (Lipinski definition) is 3. The van der Waals surface area contributed by atoms with Gasteiger partial charge in [-0.2, -0.15) is 0 Å². The molecule has 0 aliphatic heterocycles. The van der Waals surface area contributed by atoms with Crippen LogP contribution in [0.1, 0.15) is 12.5 Å². The van der Waals surface area contributed by atoms with Gasteiger partial charge in [-0.1, -0.05) is 12.1 Å². The van der Waals surface area contributed by atoms with E-state index in [-0.39, 0.29) is 12.1 Å². The first kappa shape index (κ1) is 16.3. The monoisotopic (exact) mass is 279 g/mol. The summed E-state index contributed by atoms with van der Waals surface area (Å²) < 4.78 is 5.00. The lowest BCUT2D eigenvalue weighted by Gasteiger charge is -2.21. The maximum atomic E-state index is 12.0. The Balaban J connectivity index is 2.52. The van der Waals surface area contributed by atoms with E-state index in [2.05, 4.69) is 17.4 Å². The number of nitrogens with one attached hydrogen (secondary N) is 1. The van der Waals surface area contributed by atoms with E-state index >= 15 is 0 Å². The van der Waals surface area contributed by atoms with E-state index in [0.29, 0.717) is 13.2 Å². The van der Waals surface area contributed by atoms with Crippen molar-refractivity contribution in [2.24, 2.45) is 0 Å². The molecule has 1 unspecified atom stereocenters. The number of methoxy groups -OCH3 is 1. The molecule has 1 aromatic rings. The summed E-state index contributed by atoms with van der Waals surface area (Å²) >= 11 is 0. The summed E-state index contributed by atoms with van der Waals surface area (Å²) in [6.07, 6.45) is 0. The van der Waals surface area contributed by atoms with Crippen molar-refractivity contribution in [1.29, 1.82) is 0 Å². The fraction of sp³-hybridized carbons (Fsp3) is 0.533. The highest BCUT2D eigenvalue weighted by Gasteiger charge is 2.12. The van der Waals surface area contributed by atoms with Gasteiger partial charge in [0.15, 0.2) is 0 Å². The second-order valence-electron chi connectivity index (χ2n) is 5.22. The smallest absolute Gasteiger partial charge is 0.317 e. The number of benzene rings is 1. The Hall–Kier alpha value is -1.75. The molecule has 0 radical (unpaired) electrons. The van der Waals surface area contributed by atoms with Gasteiger partial charge < -0.3 is 19.9 Å². The van der Waals surface area contributed by atoms with Gasteiger partial charge in [-0.25, -0.2) is 4.79 Å². The van der Waals surface area contributed by atoms with Crippen molar-refractivity contribution < 1.29 is 9.53 Å². The molecule has 112 valence electrons. The van der Waals surface area contributed by atoms with E-state index in [1.165, 1.54) is 0 Å². The summed E-state index contributed by atoms with van der Waals surface area (Å²) in [5, 5.41) is 2.88. The van der Waals surface area contributed by atoms with Crippen molar-refractivity contribution in [3.63, 3.8) is 0 Å². The number of urea groups is 1. The van der Waals surface area contributed by atoms with E-state index in [0.717, 1.165) is 11.3 Å². The topological polar surface area (TPSA) is 44.8 Å². The lowest BCUT2D eigenvalue weighted by atomic mass is 10.2. The SMILES string of the molecule is COCC(C)NC(=O)N(C)Cc1ccc(N(C)C)cc1. The van der Waals surface area contributed by atoms with Gasteiger partial charge in [-0.15, -0.1) is 0 Å². The van der Waals surface area contributed by atoms with Crippen LogP contribution in [0.2, 0.25) is 0 Å². The Morgan fingerprint density at radius 2 is 1.85 bits per heavy atom. The molecular formula is C15H25N3O2. The third-order valence-corrected chi connectivity index (χ3v) is 3.01. The van der Waals surface area contributed by atoms with Gasteiger partial charge in [-0.3, -0.25) is 0 Å². The summed E-state index contributed by atoms with van der Waals surface area (Å²) in [6.45, 7) is 3.01. The number of anilines is 1. The van der Waals surface area contributed by atoms with Crippen LogP contribution in [0, 0.1) is 0 Å². The Labute approximate surface area is 121 Å². The van der Waals surface area contributed by atoms with Crippen molar-refractivity contribution in [2.45, 2.75) is 19.5 Å². The molecule has 5 heteroatoms. The average molecular weight is 279 g/mol. The molecule has 0 saturated carbocycles. The van der Waals surface area contributed by atoms with Gasteiger partial charge in [0.1, 0.15) is 0 Å². The fourth-order valence-corrected chi connectivity index (χ4v) is 1.86. The molecule has 1 rings (SSSR count). The van der Waals surface area contributed by atoms with Crippen LogP contribution in [-0.2, 0) is 11.3 Å². The van der Waals surface area contributed by atoms with Gasteiger partial charge in [0.05, 0.1) is 12.6 Å². The highest BCUT2D eigenvalue weighted by atomic mass is 16.5. The maximum absolute atomic E-state index is 12.0. The van der Waals surface area contributed by atoms with Crippen LogP contribution in [-0.4, -0.2) is 51.8 Å². The third-order valence-electron chi connectivity index (χ3n) is 3.01. The summed E-state index contributed by atoms with van der Waals surface area (Å²) in [5.41, 5.74) is 2.25. The molecule has 0 bridgehead atoms. The zero-order chi connectivity index (χ0) is 15.1. The average Bonchev–Trinajstić information content (AvgIpc) is 2.39. The molecular weight excluding hydrogens is 254 g/mol. The molecule has 2 amide bonds. The summed E-state index contributed by atoms with van der Waals surface area (Å²) in [7, 11) is 7.42. The number of ether oxygens (including phenoxy) is 1. The minimum absolute atomic E-state index is 0.00562. The number of carbonyl (C=O) groups is 1. The molecule has 0 aliphatic rings. The van der Waals surface area contributed by atoms with Crippen LogP contribution in [0.5, 0.6) is 0 Å². The van der Waals surface area contributed by atoms with Gasteiger partial charge in [0.25, 0.3) is 0 Å². The lowest BCUT2D eigenvalue weighted by Crippen LogP contribution is -2.43. The minimum Gasteiger partial charge on any atom is -0.383 e. The normalized spacial score (nSPS) is 11.8. The Kier molecular flexibility index (Phi) is 6.31. The second kappa shape index (κ2) is 7.75. The molecule has 1 atom stereocenters. The Morgan fingerprint density at radius 1 is 1.25 bits per heavy atom. The molecule has 5 nitrogen and oxygen atoms in total. The van der Waals surface area contributed by atoms with E-state index in [1.807, 2.05) is 38.1 Å². The van der Waals surface area contributed by atoms with Crippen molar-refractivity contribution in [3.8, 4) is 0 Å². The molecule has 0 aromatic heterocycles. The minimum atomic E-state index is -0.0914. The van der Waals surface area contributed by atoms with Crippen molar-refractivity contribution in [1.82, 2.24) is 10.2 Å². The molecule has 1 aromatic carbocycles. The van der Waals surface area contributed by atoms with Crippen LogP contribution in [0.15, 0.2) is 24.3 Å². The van der Waals surface area contributed by atoms with E-state index < -0.39 is 0 Å². The molecule has 0 fully saturated rings. The quantitative estimate of drug-likeness (QED) is 0.865. The Morgan fingerprint density at radius 3 is 2.35 bits per heavy atom.